The highest BCUT2D eigenvalue weighted by Gasteiger charge is 2.28. The Balaban J connectivity index is 1.26. The van der Waals surface area contributed by atoms with Crippen LogP contribution in [0.1, 0.15) is 42.4 Å². The van der Waals surface area contributed by atoms with Gasteiger partial charge in [0, 0.05) is 23.6 Å². The zero-order valence-corrected chi connectivity index (χ0v) is 20.5. The standard InChI is InChI=1S/C27H28ClNO6/c1-16-17(2)25(30)34-23-13-24(22(28)12-21(16)23)35-26(31)20-10-8-18(9-11-20)14-29-27(32)33-15-19-6-4-3-5-7-19/h3-7,12-13,18,20H,8-11,14-15H2,1-2H3,(H,29,32). The lowest BCUT2D eigenvalue weighted by atomic mass is 9.82. The van der Waals surface area contributed by atoms with Crippen molar-refractivity contribution in [3.8, 4) is 5.75 Å². The predicted molar refractivity (Wildman–Crippen MR) is 133 cm³/mol. The smallest absolute Gasteiger partial charge is 0.407 e. The average molecular weight is 498 g/mol. The summed E-state index contributed by atoms with van der Waals surface area (Å²) >= 11 is 6.36. The van der Waals surface area contributed by atoms with Gasteiger partial charge in [-0.05, 0) is 62.6 Å². The SMILES string of the molecule is Cc1c(C)c2cc(Cl)c(OC(=O)C3CCC(CNC(=O)OCc4ccccc4)CC3)cc2oc1=O. The first-order chi connectivity index (χ1) is 16.8. The van der Waals surface area contributed by atoms with Crippen LogP contribution < -0.4 is 15.7 Å². The minimum atomic E-state index is -0.446. The summed E-state index contributed by atoms with van der Waals surface area (Å²) in [6.07, 6.45) is 2.44. The molecule has 0 spiro atoms. The number of halogens is 1. The number of rotatable bonds is 6. The van der Waals surface area contributed by atoms with Crippen LogP contribution in [0.25, 0.3) is 11.0 Å². The summed E-state index contributed by atoms with van der Waals surface area (Å²) in [5.74, 6) is -0.158. The molecule has 1 N–H and O–H groups in total. The number of hydrogen-bond acceptors (Lipinski definition) is 6. The van der Waals surface area contributed by atoms with E-state index in [1.807, 2.05) is 37.3 Å². The molecule has 0 radical (unpaired) electrons. The van der Waals surface area contributed by atoms with Gasteiger partial charge in [-0.25, -0.2) is 9.59 Å². The third-order valence-electron chi connectivity index (χ3n) is 6.65. The molecule has 184 valence electrons. The van der Waals surface area contributed by atoms with Crippen LogP contribution in [0, 0.1) is 25.7 Å². The van der Waals surface area contributed by atoms with Crippen LogP contribution in [0.3, 0.4) is 0 Å². The zero-order chi connectivity index (χ0) is 24.9. The number of hydrogen-bond donors (Lipinski definition) is 1. The number of carbonyl (C=O) groups excluding carboxylic acids is 2. The molecule has 1 aliphatic rings. The fourth-order valence-corrected chi connectivity index (χ4v) is 4.52. The van der Waals surface area contributed by atoms with E-state index in [0.717, 1.165) is 24.0 Å². The van der Waals surface area contributed by atoms with Gasteiger partial charge in [-0.2, -0.15) is 0 Å². The molecule has 0 aliphatic heterocycles. The Morgan fingerprint density at radius 1 is 1.06 bits per heavy atom. The Kier molecular flexibility index (Phi) is 7.76. The van der Waals surface area contributed by atoms with Crippen molar-refractivity contribution in [2.75, 3.05) is 6.54 Å². The number of esters is 1. The molecule has 1 fully saturated rings. The van der Waals surface area contributed by atoms with Gasteiger partial charge in [-0.15, -0.1) is 0 Å². The maximum Gasteiger partial charge on any atom is 0.407 e. The molecule has 1 aromatic heterocycles. The first kappa shape index (κ1) is 24.8. The van der Waals surface area contributed by atoms with Crippen LogP contribution in [0.2, 0.25) is 5.02 Å². The fraction of sp³-hybridized carbons (Fsp3) is 0.370. The Labute approximate surface area is 208 Å². The first-order valence-electron chi connectivity index (χ1n) is 11.7. The lowest BCUT2D eigenvalue weighted by Gasteiger charge is -2.27. The largest absolute Gasteiger partial charge is 0.445 e. The number of ether oxygens (including phenoxy) is 2. The highest BCUT2D eigenvalue weighted by atomic mass is 35.5. The zero-order valence-electron chi connectivity index (χ0n) is 19.8. The molecule has 2 aromatic carbocycles. The van der Waals surface area contributed by atoms with Crippen LogP contribution in [0.5, 0.6) is 5.75 Å². The highest BCUT2D eigenvalue weighted by molar-refractivity contribution is 6.33. The Morgan fingerprint density at radius 2 is 1.77 bits per heavy atom. The van der Waals surface area contributed by atoms with Crippen molar-refractivity contribution in [2.45, 2.75) is 46.1 Å². The number of fused-ring (bicyclic) bond motifs is 1. The van der Waals surface area contributed by atoms with Crippen LogP contribution in [-0.4, -0.2) is 18.6 Å². The van der Waals surface area contributed by atoms with Crippen molar-refractivity contribution in [3.05, 3.63) is 74.6 Å². The van der Waals surface area contributed by atoms with Gasteiger partial charge in [0.1, 0.15) is 12.2 Å². The van der Waals surface area contributed by atoms with Gasteiger partial charge in [0.2, 0.25) is 0 Å². The predicted octanol–water partition coefficient (Wildman–Crippen LogP) is 5.70. The second-order valence-corrected chi connectivity index (χ2v) is 9.41. The van der Waals surface area contributed by atoms with Crippen molar-refractivity contribution in [1.29, 1.82) is 0 Å². The fourth-order valence-electron chi connectivity index (χ4n) is 4.32. The molecule has 8 heteroatoms. The van der Waals surface area contributed by atoms with Gasteiger partial charge in [0.25, 0.3) is 0 Å². The third-order valence-corrected chi connectivity index (χ3v) is 6.94. The molecule has 1 saturated carbocycles. The molecule has 3 aromatic rings. The summed E-state index contributed by atoms with van der Waals surface area (Å²) in [6.45, 7) is 4.25. The van der Waals surface area contributed by atoms with Crippen molar-refractivity contribution in [2.24, 2.45) is 11.8 Å². The summed E-state index contributed by atoms with van der Waals surface area (Å²) in [5.41, 5.74) is 2.14. The Hall–Kier alpha value is -3.32. The monoisotopic (exact) mass is 497 g/mol. The quantitative estimate of drug-likeness (QED) is 0.266. The van der Waals surface area contributed by atoms with Crippen molar-refractivity contribution in [1.82, 2.24) is 5.32 Å². The van der Waals surface area contributed by atoms with Gasteiger partial charge < -0.3 is 19.2 Å². The maximum absolute atomic E-state index is 12.8. The summed E-state index contributed by atoms with van der Waals surface area (Å²) in [4.78, 5) is 36.8. The summed E-state index contributed by atoms with van der Waals surface area (Å²) < 4.78 is 16.2. The molecule has 0 saturated heterocycles. The van der Waals surface area contributed by atoms with E-state index >= 15 is 0 Å². The Morgan fingerprint density at radius 3 is 2.49 bits per heavy atom. The summed E-state index contributed by atoms with van der Waals surface area (Å²) in [7, 11) is 0. The van der Waals surface area contributed by atoms with Gasteiger partial charge in [0.05, 0.1) is 10.9 Å². The Bertz CT molecular complexity index is 1280. The number of alkyl carbamates (subject to hydrolysis) is 1. The van der Waals surface area contributed by atoms with Gasteiger partial charge in [-0.3, -0.25) is 4.79 Å². The molecule has 7 nitrogen and oxygen atoms in total. The number of aryl methyl sites for hydroxylation is 1. The van der Waals surface area contributed by atoms with Gasteiger partial charge in [-0.1, -0.05) is 41.9 Å². The molecular formula is C27H28ClNO6. The molecule has 1 heterocycles. The molecule has 0 unspecified atom stereocenters. The molecule has 1 aliphatic carbocycles. The number of nitrogens with one attached hydrogen (secondary N) is 1. The molecule has 0 bridgehead atoms. The van der Waals surface area contributed by atoms with Crippen LogP contribution in [0.4, 0.5) is 4.79 Å². The molecule has 4 rings (SSSR count). The topological polar surface area (TPSA) is 94.8 Å². The maximum atomic E-state index is 12.8. The highest BCUT2D eigenvalue weighted by Crippen LogP contribution is 2.34. The second-order valence-electron chi connectivity index (χ2n) is 9.00. The van der Waals surface area contributed by atoms with E-state index in [1.54, 1.807) is 13.0 Å². The molecule has 1 amide bonds. The average Bonchev–Trinajstić information content (AvgIpc) is 2.87. The van der Waals surface area contributed by atoms with Crippen molar-refractivity contribution >= 4 is 34.6 Å². The van der Waals surface area contributed by atoms with Gasteiger partial charge >= 0.3 is 17.7 Å². The first-order valence-corrected chi connectivity index (χ1v) is 12.1. The third kappa shape index (κ3) is 6.03. The van der Waals surface area contributed by atoms with E-state index in [1.165, 1.54) is 6.07 Å². The van der Waals surface area contributed by atoms with E-state index in [0.29, 0.717) is 35.9 Å². The molecule has 35 heavy (non-hydrogen) atoms. The van der Waals surface area contributed by atoms with Crippen LogP contribution in [0.15, 0.2) is 51.7 Å². The van der Waals surface area contributed by atoms with E-state index < -0.39 is 11.7 Å². The number of carbonyl (C=O) groups is 2. The van der Waals surface area contributed by atoms with E-state index in [-0.39, 0.29) is 35.2 Å². The van der Waals surface area contributed by atoms with Gasteiger partial charge in [0.15, 0.2) is 5.75 Å². The van der Waals surface area contributed by atoms with E-state index in [4.69, 9.17) is 25.5 Å². The number of benzene rings is 2. The lowest BCUT2D eigenvalue weighted by molar-refractivity contribution is -0.140. The number of amides is 1. The van der Waals surface area contributed by atoms with Crippen molar-refractivity contribution < 1.29 is 23.5 Å². The second kappa shape index (κ2) is 11.0. The minimum Gasteiger partial charge on any atom is -0.445 e. The molecular weight excluding hydrogens is 470 g/mol. The summed E-state index contributed by atoms with van der Waals surface area (Å²) in [5, 5.41) is 3.81. The van der Waals surface area contributed by atoms with E-state index in [9.17, 15) is 14.4 Å². The molecule has 0 atom stereocenters. The van der Waals surface area contributed by atoms with Crippen LogP contribution >= 0.6 is 11.6 Å². The van der Waals surface area contributed by atoms with Crippen LogP contribution in [-0.2, 0) is 16.1 Å². The van der Waals surface area contributed by atoms with E-state index in [2.05, 4.69) is 5.32 Å². The summed E-state index contributed by atoms with van der Waals surface area (Å²) in [6, 6.07) is 12.7. The minimum absolute atomic E-state index is 0.181. The normalized spacial score (nSPS) is 17.7. The van der Waals surface area contributed by atoms with Crippen molar-refractivity contribution in [3.63, 3.8) is 0 Å². The lowest BCUT2D eigenvalue weighted by Crippen LogP contribution is -2.33.